The Hall–Kier alpha value is -2.94. The van der Waals surface area contributed by atoms with Crippen LogP contribution in [0.3, 0.4) is 0 Å². The summed E-state index contributed by atoms with van der Waals surface area (Å²) in [6, 6.07) is 9.21. The molecule has 2 heterocycles. The molecule has 1 N–H and O–H groups in total. The maximum atomic E-state index is 11.6. The summed E-state index contributed by atoms with van der Waals surface area (Å²) in [6.07, 6.45) is 5.74. The summed E-state index contributed by atoms with van der Waals surface area (Å²) in [6.45, 7) is 13.5. The number of nitrogens with zero attached hydrogens (tertiary/aromatic N) is 4. The van der Waals surface area contributed by atoms with Crippen molar-refractivity contribution >= 4 is 42.4 Å². The first-order chi connectivity index (χ1) is 22.7. The molecular formula is C36H52N4O7S2. The van der Waals surface area contributed by atoms with E-state index < -0.39 is 35.8 Å². The molecule has 2 saturated heterocycles. The van der Waals surface area contributed by atoms with E-state index in [0.717, 1.165) is 35.8 Å². The zero-order valence-corrected chi connectivity index (χ0v) is 31.6. The van der Waals surface area contributed by atoms with Crippen LogP contribution in [0.5, 0.6) is 5.75 Å². The molecule has 3 aromatic rings. The molecule has 2 aliphatic heterocycles. The highest BCUT2D eigenvalue weighted by Crippen LogP contribution is 2.41. The van der Waals surface area contributed by atoms with Crippen molar-refractivity contribution in [1.82, 2.24) is 0 Å². The SMILES string of the molecule is CCC1C[N+](C)(C)CC1CCC1C[N+](C)(C)CC1CC.Cc1cc(C)c(S(=O)(=O)[O-])cc1N=Nc1cc(S(=O)(=O)[O-])c2ccccc2c1O. The van der Waals surface area contributed by atoms with E-state index in [0.29, 0.717) is 5.56 Å². The van der Waals surface area contributed by atoms with Crippen molar-refractivity contribution in [2.45, 2.75) is 63.2 Å². The van der Waals surface area contributed by atoms with Gasteiger partial charge in [0, 0.05) is 34.4 Å². The van der Waals surface area contributed by atoms with Crippen LogP contribution in [0.15, 0.2) is 62.5 Å². The number of hydrogen-bond donors (Lipinski definition) is 1. The molecule has 0 amide bonds. The van der Waals surface area contributed by atoms with Gasteiger partial charge in [0.25, 0.3) is 0 Å². The Balaban J connectivity index is 0.000000237. The minimum Gasteiger partial charge on any atom is -0.744 e. The lowest BCUT2D eigenvalue weighted by molar-refractivity contribution is -0.881. The number of fused-ring (bicyclic) bond motifs is 1. The molecule has 2 aliphatic rings. The summed E-state index contributed by atoms with van der Waals surface area (Å²) >= 11 is 0. The van der Waals surface area contributed by atoms with E-state index in [1.165, 1.54) is 92.0 Å². The second-order valence-electron chi connectivity index (χ2n) is 15.3. The highest BCUT2D eigenvalue weighted by Gasteiger charge is 2.42. The summed E-state index contributed by atoms with van der Waals surface area (Å²) in [4.78, 5) is -1.05. The molecule has 270 valence electrons. The standard InChI is InChI=1S/C18H16N2O7S2.C18H38N2/c1-10-7-11(2)16(28(22,23)24)8-14(10)19-20-15-9-17(29(25,26)27)12-5-3-4-6-13(12)18(15)21;1-7-15-11-19(3,4)13-17(15)9-10-18-14-20(5,6)12-16(18)8-2/h3-9,21H,1-2H3,(H,22,23,24)(H,25,26,27);15-18H,7-14H2,1-6H3/q;+2/p-2. The third kappa shape index (κ3) is 9.44. The minimum atomic E-state index is -4.87. The molecule has 4 unspecified atom stereocenters. The number of quaternary nitrogens is 2. The average Bonchev–Trinajstić information content (AvgIpc) is 3.48. The Morgan fingerprint density at radius 2 is 1.10 bits per heavy atom. The summed E-state index contributed by atoms with van der Waals surface area (Å²) < 4.78 is 71.5. The van der Waals surface area contributed by atoms with Crippen LogP contribution < -0.4 is 0 Å². The van der Waals surface area contributed by atoms with Crippen molar-refractivity contribution in [2.75, 3.05) is 54.4 Å². The quantitative estimate of drug-likeness (QED) is 0.148. The van der Waals surface area contributed by atoms with Gasteiger partial charge in [0.2, 0.25) is 0 Å². The fraction of sp³-hybridized carbons (Fsp3) is 0.556. The Morgan fingerprint density at radius 1 is 0.673 bits per heavy atom. The number of hydrogen-bond acceptors (Lipinski definition) is 9. The minimum absolute atomic E-state index is 0.0316. The van der Waals surface area contributed by atoms with E-state index >= 15 is 0 Å². The maximum Gasteiger partial charge on any atom is 0.150 e. The van der Waals surface area contributed by atoms with Crippen molar-refractivity contribution in [3.05, 3.63) is 53.6 Å². The molecule has 5 rings (SSSR count). The number of phenols is 1. The molecule has 13 heteroatoms. The summed E-state index contributed by atoms with van der Waals surface area (Å²) in [5, 5.41) is 18.2. The predicted octanol–water partition coefficient (Wildman–Crippen LogP) is 6.62. The first kappa shape index (κ1) is 38.9. The first-order valence-electron chi connectivity index (χ1n) is 17.0. The van der Waals surface area contributed by atoms with E-state index in [-0.39, 0.29) is 27.7 Å². The smallest absolute Gasteiger partial charge is 0.150 e. The molecule has 0 radical (unpaired) electrons. The molecule has 0 aliphatic carbocycles. The van der Waals surface area contributed by atoms with Gasteiger partial charge in [-0.05, 0) is 62.8 Å². The molecule has 0 saturated carbocycles. The van der Waals surface area contributed by atoms with E-state index in [1.807, 2.05) is 0 Å². The molecule has 0 bridgehead atoms. The van der Waals surface area contributed by atoms with E-state index in [2.05, 4.69) is 52.3 Å². The largest absolute Gasteiger partial charge is 0.744 e. The molecule has 0 aromatic heterocycles. The van der Waals surface area contributed by atoms with E-state index in [9.17, 15) is 31.0 Å². The normalized spacial score (nSPS) is 23.6. The fourth-order valence-electron chi connectivity index (χ4n) is 8.19. The molecule has 49 heavy (non-hydrogen) atoms. The van der Waals surface area contributed by atoms with Crippen molar-refractivity contribution in [2.24, 2.45) is 33.9 Å². The van der Waals surface area contributed by atoms with Crippen LogP contribution >= 0.6 is 0 Å². The van der Waals surface area contributed by atoms with Crippen LogP contribution in [0, 0.1) is 37.5 Å². The lowest BCUT2D eigenvalue weighted by Gasteiger charge is -2.24. The van der Waals surface area contributed by atoms with Gasteiger partial charge in [0.1, 0.15) is 25.9 Å². The first-order valence-corrected chi connectivity index (χ1v) is 19.8. The molecule has 11 nitrogen and oxygen atoms in total. The van der Waals surface area contributed by atoms with Gasteiger partial charge in [0.15, 0.2) is 5.75 Å². The second-order valence-corrected chi connectivity index (χ2v) is 18.0. The van der Waals surface area contributed by atoms with Gasteiger partial charge >= 0.3 is 0 Å². The van der Waals surface area contributed by atoms with Crippen LogP contribution in [0.1, 0.15) is 50.7 Å². The summed E-state index contributed by atoms with van der Waals surface area (Å²) in [5.74, 6) is 3.54. The van der Waals surface area contributed by atoms with Crippen LogP contribution in [-0.2, 0) is 20.2 Å². The highest BCUT2D eigenvalue weighted by molar-refractivity contribution is 7.86. The zero-order chi connectivity index (χ0) is 36.5. The maximum absolute atomic E-state index is 11.6. The van der Waals surface area contributed by atoms with Crippen molar-refractivity contribution in [1.29, 1.82) is 0 Å². The van der Waals surface area contributed by atoms with Crippen molar-refractivity contribution in [3.8, 4) is 5.75 Å². The number of benzene rings is 3. The van der Waals surface area contributed by atoms with Crippen LogP contribution in [0.25, 0.3) is 10.8 Å². The third-order valence-corrected chi connectivity index (χ3v) is 12.3. The molecule has 4 atom stereocenters. The third-order valence-electron chi connectivity index (χ3n) is 10.5. The summed E-state index contributed by atoms with van der Waals surface area (Å²) in [7, 11) is 0.0794. The number of likely N-dealkylation sites (tertiary alicyclic amines) is 2. The van der Waals surface area contributed by atoms with Gasteiger partial charge in [0.05, 0.1) is 69.8 Å². The van der Waals surface area contributed by atoms with Crippen molar-refractivity contribution in [3.63, 3.8) is 0 Å². The highest BCUT2D eigenvalue weighted by atomic mass is 32.2. The Labute approximate surface area is 292 Å². The number of aromatic hydroxyl groups is 1. The lowest BCUT2D eigenvalue weighted by Crippen LogP contribution is -2.37. The van der Waals surface area contributed by atoms with Crippen molar-refractivity contribution < 1.29 is 40.0 Å². The Kier molecular flexibility index (Phi) is 11.7. The van der Waals surface area contributed by atoms with Gasteiger partial charge in [-0.2, -0.15) is 5.11 Å². The van der Waals surface area contributed by atoms with Crippen LogP contribution in [0.2, 0.25) is 0 Å². The van der Waals surface area contributed by atoms with Gasteiger partial charge in [-0.25, -0.2) is 16.8 Å². The molecular weight excluding hydrogens is 665 g/mol. The van der Waals surface area contributed by atoms with Gasteiger partial charge in [-0.3, -0.25) is 0 Å². The summed E-state index contributed by atoms with van der Waals surface area (Å²) in [5.41, 5.74) is 0.467. The molecule has 3 aromatic carbocycles. The van der Waals surface area contributed by atoms with E-state index in [1.54, 1.807) is 13.0 Å². The van der Waals surface area contributed by atoms with Gasteiger partial charge < -0.3 is 23.2 Å². The fourth-order valence-corrected chi connectivity index (χ4v) is 9.61. The van der Waals surface area contributed by atoms with Crippen LogP contribution in [0.4, 0.5) is 11.4 Å². The molecule has 2 fully saturated rings. The lowest BCUT2D eigenvalue weighted by atomic mass is 9.83. The molecule has 0 spiro atoms. The Morgan fingerprint density at radius 3 is 1.57 bits per heavy atom. The second kappa shape index (κ2) is 14.7. The number of aryl methyl sites for hydroxylation is 2. The average molecular weight is 717 g/mol. The van der Waals surface area contributed by atoms with E-state index in [4.69, 9.17) is 0 Å². The Bertz CT molecular complexity index is 1890. The van der Waals surface area contributed by atoms with Gasteiger partial charge in [-0.1, -0.05) is 44.2 Å². The topological polar surface area (TPSA) is 159 Å². The zero-order valence-electron chi connectivity index (χ0n) is 30.0. The monoisotopic (exact) mass is 716 g/mol. The number of rotatable bonds is 9. The number of azo groups is 1. The van der Waals surface area contributed by atoms with Crippen LogP contribution in [-0.4, -0.2) is 94.4 Å². The van der Waals surface area contributed by atoms with Gasteiger partial charge in [-0.15, -0.1) is 5.11 Å². The number of phenolic OH excluding ortho intramolecular Hbond substituents is 1. The predicted molar refractivity (Wildman–Crippen MR) is 189 cm³/mol.